The van der Waals surface area contributed by atoms with E-state index in [9.17, 15) is 0 Å². The summed E-state index contributed by atoms with van der Waals surface area (Å²) in [6.45, 7) is 4.61. The predicted octanol–water partition coefficient (Wildman–Crippen LogP) is 2.65. The number of aromatic nitrogens is 2. The average molecular weight is 272 g/mol. The van der Waals surface area contributed by atoms with Gasteiger partial charge in [0.05, 0.1) is 12.6 Å². The van der Waals surface area contributed by atoms with Crippen LogP contribution < -0.4 is 15.4 Å². The number of ether oxygens (including phenoxy) is 1. The molecule has 1 aromatic heterocycles. The van der Waals surface area contributed by atoms with Crippen molar-refractivity contribution in [1.82, 2.24) is 9.97 Å². The van der Waals surface area contributed by atoms with Crippen molar-refractivity contribution in [3.8, 4) is 5.88 Å². The van der Waals surface area contributed by atoms with Crippen LogP contribution in [0.5, 0.6) is 5.88 Å². The van der Waals surface area contributed by atoms with E-state index in [4.69, 9.17) is 10.5 Å². The lowest BCUT2D eigenvalue weighted by Crippen LogP contribution is -2.23. The van der Waals surface area contributed by atoms with E-state index < -0.39 is 0 Å². The van der Waals surface area contributed by atoms with Crippen molar-refractivity contribution in [3.63, 3.8) is 0 Å². The van der Waals surface area contributed by atoms with Gasteiger partial charge in [-0.05, 0) is 31.5 Å². The molecule has 5 nitrogen and oxygen atoms in total. The quantitative estimate of drug-likeness (QED) is 0.848. The molecule has 0 saturated heterocycles. The van der Waals surface area contributed by atoms with Gasteiger partial charge in [-0.15, -0.1) is 0 Å². The molecule has 0 aliphatic rings. The molecule has 106 valence electrons. The van der Waals surface area contributed by atoms with Crippen LogP contribution in [0.15, 0.2) is 36.5 Å². The van der Waals surface area contributed by atoms with E-state index in [1.807, 2.05) is 43.1 Å². The monoisotopic (exact) mass is 272 g/mol. The van der Waals surface area contributed by atoms with Gasteiger partial charge in [0.1, 0.15) is 0 Å². The molecule has 5 heteroatoms. The number of nitrogens with zero attached hydrogens (tertiary/aromatic N) is 3. The first-order valence-electron chi connectivity index (χ1n) is 6.66. The number of nitrogens with two attached hydrogens (primary N) is 1. The van der Waals surface area contributed by atoms with Gasteiger partial charge in [0, 0.05) is 25.0 Å². The molecule has 2 N–H and O–H groups in total. The van der Waals surface area contributed by atoms with Gasteiger partial charge < -0.3 is 15.4 Å². The van der Waals surface area contributed by atoms with E-state index in [2.05, 4.69) is 16.9 Å². The second-order valence-electron chi connectivity index (χ2n) is 4.58. The fourth-order valence-electron chi connectivity index (χ4n) is 1.95. The number of hydrogen-bond donors (Lipinski definition) is 1. The second kappa shape index (κ2) is 6.23. The standard InChI is InChI=1S/C15H20N4O/c1-4-20-14-8-9-17-15(18-14)19(3)11(2)12-6-5-7-13(16)10-12/h5-11H,4,16H2,1-3H3. The first-order valence-corrected chi connectivity index (χ1v) is 6.66. The molecule has 1 atom stereocenters. The second-order valence-corrected chi connectivity index (χ2v) is 4.58. The van der Waals surface area contributed by atoms with E-state index in [-0.39, 0.29) is 6.04 Å². The Labute approximate surface area is 119 Å². The highest BCUT2D eigenvalue weighted by molar-refractivity contribution is 5.44. The molecule has 0 saturated carbocycles. The van der Waals surface area contributed by atoms with E-state index >= 15 is 0 Å². The Hall–Kier alpha value is -2.30. The van der Waals surface area contributed by atoms with Crippen molar-refractivity contribution < 1.29 is 4.74 Å². The van der Waals surface area contributed by atoms with E-state index in [0.29, 0.717) is 18.4 Å². The van der Waals surface area contributed by atoms with Gasteiger partial charge in [-0.1, -0.05) is 12.1 Å². The van der Waals surface area contributed by atoms with Gasteiger partial charge in [0.25, 0.3) is 0 Å². The highest BCUT2D eigenvalue weighted by Gasteiger charge is 2.15. The highest BCUT2D eigenvalue weighted by Crippen LogP contribution is 2.24. The molecule has 0 spiro atoms. The molecule has 0 amide bonds. The lowest BCUT2D eigenvalue weighted by atomic mass is 10.1. The van der Waals surface area contributed by atoms with Gasteiger partial charge in [0.2, 0.25) is 11.8 Å². The average Bonchev–Trinajstić information content (AvgIpc) is 2.46. The third kappa shape index (κ3) is 3.17. The molecule has 1 heterocycles. The summed E-state index contributed by atoms with van der Waals surface area (Å²) >= 11 is 0. The first kappa shape index (κ1) is 14.1. The third-order valence-electron chi connectivity index (χ3n) is 3.20. The smallest absolute Gasteiger partial charge is 0.228 e. The van der Waals surface area contributed by atoms with Crippen molar-refractivity contribution in [1.29, 1.82) is 0 Å². The summed E-state index contributed by atoms with van der Waals surface area (Å²) in [7, 11) is 1.96. The van der Waals surface area contributed by atoms with Gasteiger partial charge in [-0.2, -0.15) is 4.98 Å². The molecule has 0 aliphatic carbocycles. The summed E-state index contributed by atoms with van der Waals surface area (Å²) in [4.78, 5) is 10.7. The normalized spacial score (nSPS) is 11.9. The van der Waals surface area contributed by atoms with Crippen LogP contribution in [0.3, 0.4) is 0 Å². The third-order valence-corrected chi connectivity index (χ3v) is 3.20. The highest BCUT2D eigenvalue weighted by atomic mass is 16.5. The molecule has 1 aromatic carbocycles. The largest absolute Gasteiger partial charge is 0.478 e. The Kier molecular flexibility index (Phi) is 4.40. The van der Waals surface area contributed by atoms with Crippen molar-refractivity contribution in [2.45, 2.75) is 19.9 Å². The summed E-state index contributed by atoms with van der Waals surface area (Å²) in [5.74, 6) is 1.22. The van der Waals surface area contributed by atoms with Crippen LogP contribution in [0.2, 0.25) is 0 Å². The first-order chi connectivity index (χ1) is 9.61. The van der Waals surface area contributed by atoms with Crippen LogP contribution in [0.4, 0.5) is 11.6 Å². The lowest BCUT2D eigenvalue weighted by molar-refractivity contribution is 0.326. The molecular weight excluding hydrogens is 252 g/mol. The zero-order valence-electron chi connectivity index (χ0n) is 12.1. The van der Waals surface area contributed by atoms with E-state index in [0.717, 1.165) is 11.3 Å². The summed E-state index contributed by atoms with van der Waals surface area (Å²) in [5.41, 5.74) is 7.71. The number of nitrogen functional groups attached to an aromatic ring is 1. The Morgan fingerprint density at radius 3 is 2.85 bits per heavy atom. The van der Waals surface area contributed by atoms with Crippen LogP contribution in [0, 0.1) is 0 Å². The summed E-state index contributed by atoms with van der Waals surface area (Å²) < 4.78 is 5.40. The molecule has 0 fully saturated rings. The number of rotatable bonds is 5. The Morgan fingerprint density at radius 1 is 1.35 bits per heavy atom. The summed E-state index contributed by atoms with van der Waals surface area (Å²) in [6, 6.07) is 9.72. The number of benzene rings is 1. The minimum atomic E-state index is 0.121. The number of anilines is 2. The molecule has 0 radical (unpaired) electrons. The van der Waals surface area contributed by atoms with Gasteiger partial charge >= 0.3 is 0 Å². The SMILES string of the molecule is CCOc1ccnc(N(C)C(C)c2cccc(N)c2)n1. The van der Waals surface area contributed by atoms with Gasteiger partial charge in [-0.3, -0.25) is 0 Å². The lowest BCUT2D eigenvalue weighted by Gasteiger charge is -2.25. The van der Waals surface area contributed by atoms with Crippen molar-refractivity contribution in [2.24, 2.45) is 0 Å². The van der Waals surface area contributed by atoms with Crippen LogP contribution in [-0.4, -0.2) is 23.6 Å². The topological polar surface area (TPSA) is 64.3 Å². The molecule has 2 rings (SSSR count). The Bertz CT molecular complexity index is 573. The van der Waals surface area contributed by atoms with Crippen LogP contribution in [0.25, 0.3) is 0 Å². The zero-order valence-corrected chi connectivity index (χ0v) is 12.1. The Balaban J connectivity index is 2.21. The summed E-state index contributed by atoms with van der Waals surface area (Å²) in [5, 5.41) is 0. The molecule has 20 heavy (non-hydrogen) atoms. The fraction of sp³-hybridized carbons (Fsp3) is 0.333. The maximum Gasteiger partial charge on any atom is 0.228 e. The van der Waals surface area contributed by atoms with Crippen LogP contribution >= 0.6 is 0 Å². The van der Waals surface area contributed by atoms with Crippen molar-refractivity contribution in [3.05, 3.63) is 42.1 Å². The number of hydrogen-bond acceptors (Lipinski definition) is 5. The van der Waals surface area contributed by atoms with E-state index in [1.54, 1.807) is 12.3 Å². The molecule has 0 bridgehead atoms. The van der Waals surface area contributed by atoms with Crippen molar-refractivity contribution in [2.75, 3.05) is 24.3 Å². The van der Waals surface area contributed by atoms with Crippen molar-refractivity contribution >= 4 is 11.6 Å². The molecular formula is C15H20N4O. The Morgan fingerprint density at radius 2 is 2.15 bits per heavy atom. The van der Waals surface area contributed by atoms with Crippen LogP contribution in [-0.2, 0) is 0 Å². The fourth-order valence-corrected chi connectivity index (χ4v) is 1.95. The van der Waals surface area contributed by atoms with E-state index in [1.165, 1.54) is 0 Å². The molecule has 1 unspecified atom stereocenters. The maximum atomic E-state index is 5.83. The van der Waals surface area contributed by atoms with Gasteiger partial charge in [0.15, 0.2) is 0 Å². The van der Waals surface area contributed by atoms with Crippen LogP contribution in [0.1, 0.15) is 25.5 Å². The zero-order chi connectivity index (χ0) is 14.5. The minimum Gasteiger partial charge on any atom is -0.478 e. The molecule has 2 aromatic rings. The summed E-state index contributed by atoms with van der Waals surface area (Å²) in [6.07, 6.45) is 1.70. The van der Waals surface area contributed by atoms with Gasteiger partial charge in [-0.25, -0.2) is 4.98 Å². The predicted molar refractivity (Wildman–Crippen MR) is 80.9 cm³/mol. The maximum absolute atomic E-state index is 5.83. The minimum absolute atomic E-state index is 0.121. The molecule has 0 aliphatic heterocycles.